The number of rotatable bonds is 5. The molecule has 3 heteroatoms. The normalized spacial score (nSPS) is 11.8. The molecule has 1 aromatic heterocycles. The molecule has 0 saturated heterocycles. The van der Waals surface area contributed by atoms with Crippen LogP contribution in [0.15, 0.2) is 48.8 Å². The molecule has 0 fully saturated rings. The summed E-state index contributed by atoms with van der Waals surface area (Å²) in [5.74, 6) is 0. The highest BCUT2D eigenvalue weighted by molar-refractivity contribution is 6.88. The first-order valence-corrected chi connectivity index (χ1v) is 10.6. The van der Waals surface area contributed by atoms with E-state index in [4.69, 9.17) is 0 Å². The monoisotopic (exact) mass is 284 g/mol. The van der Waals surface area contributed by atoms with E-state index in [0.29, 0.717) is 0 Å². The molecule has 0 amide bonds. The maximum absolute atomic E-state index is 4.05. The summed E-state index contributed by atoms with van der Waals surface area (Å²) >= 11 is 0. The zero-order valence-electron chi connectivity index (χ0n) is 12.9. The maximum Gasteiger partial charge on any atom is 0.0775 e. The largest absolute Gasteiger partial charge is 0.298 e. The highest BCUT2D eigenvalue weighted by Crippen LogP contribution is 2.09. The van der Waals surface area contributed by atoms with Crippen molar-refractivity contribution in [3.63, 3.8) is 0 Å². The number of hydrogen-bond acceptors (Lipinski definition) is 2. The van der Waals surface area contributed by atoms with Crippen LogP contribution in [0.3, 0.4) is 0 Å². The van der Waals surface area contributed by atoms with Gasteiger partial charge in [0.15, 0.2) is 0 Å². The Morgan fingerprint density at radius 2 is 1.35 bits per heavy atom. The van der Waals surface area contributed by atoms with Gasteiger partial charge in [0.1, 0.15) is 0 Å². The van der Waals surface area contributed by atoms with Gasteiger partial charge in [-0.25, -0.2) is 0 Å². The van der Waals surface area contributed by atoms with Crippen LogP contribution in [0.4, 0.5) is 0 Å². The van der Waals surface area contributed by atoms with Crippen LogP contribution in [0.5, 0.6) is 0 Å². The predicted molar refractivity (Wildman–Crippen MR) is 88.8 cm³/mol. The quantitative estimate of drug-likeness (QED) is 0.784. The SMILES string of the molecule is CN(Cc1ccncc1)Cc1ccc([Si](C)(C)C)cc1. The van der Waals surface area contributed by atoms with Crippen molar-refractivity contribution in [2.24, 2.45) is 0 Å². The first kappa shape index (κ1) is 14.9. The van der Waals surface area contributed by atoms with Gasteiger partial charge in [-0.15, -0.1) is 0 Å². The van der Waals surface area contributed by atoms with E-state index in [1.54, 1.807) is 0 Å². The van der Waals surface area contributed by atoms with Gasteiger partial charge in [0, 0.05) is 25.5 Å². The average Bonchev–Trinajstić information content (AvgIpc) is 2.39. The minimum atomic E-state index is -1.18. The Balaban J connectivity index is 1.96. The molecule has 2 rings (SSSR count). The molecule has 1 aromatic carbocycles. The van der Waals surface area contributed by atoms with Gasteiger partial charge in [-0.05, 0) is 30.3 Å². The van der Waals surface area contributed by atoms with Crippen molar-refractivity contribution in [3.8, 4) is 0 Å². The van der Waals surface area contributed by atoms with Crippen LogP contribution in [-0.2, 0) is 13.1 Å². The lowest BCUT2D eigenvalue weighted by Gasteiger charge is -2.19. The van der Waals surface area contributed by atoms with E-state index in [1.807, 2.05) is 12.4 Å². The van der Waals surface area contributed by atoms with Crippen LogP contribution in [0.1, 0.15) is 11.1 Å². The fourth-order valence-corrected chi connectivity index (χ4v) is 3.44. The van der Waals surface area contributed by atoms with E-state index in [-0.39, 0.29) is 0 Å². The molecule has 20 heavy (non-hydrogen) atoms. The number of aromatic nitrogens is 1. The van der Waals surface area contributed by atoms with Crippen molar-refractivity contribution in [1.29, 1.82) is 0 Å². The topological polar surface area (TPSA) is 16.1 Å². The van der Waals surface area contributed by atoms with Gasteiger partial charge in [0.25, 0.3) is 0 Å². The van der Waals surface area contributed by atoms with Crippen LogP contribution in [0.2, 0.25) is 19.6 Å². The summed E-state index contributed by atoms with van der Waals surface area (Å²) in [6.45, 7) is 9.10. The molecule has 0 aliphatic rings. The van der Waals surface area contributed by atoms with E-state index in [1.165, 1.54) is 16.3 Å². The van der Waals surface area contributed by atoms with Gasteiger partial charge in [0.2, 0.25) is 0 Å². The number of nitrogens with zero attached hydrogens (tertiary/aromatic N) is 2. The summed E-state index contributed by atoms with van der Waals surface area (Å²) in [5.41, 5.74) is 2.68. The lowest BCUT2D eigenvalue weighted by molar-refractivity contribution is 0.319. The number of hydrogen-bond donors (Lipinski definition) is 0. The van der Waals surface area contributed by atoms with Gasteiger partial charge in [-0.2, -0.15) is 0 Å². The van der Waals surface area contributed by atoms with E-state index in [9.17, 15) is 0 Å². The van der Waals surface area contributed by atoms with Crippen LogP contribution in [-0.4, -0.2) is 25.0 Å². The third-order valence-corrected chi connectivity index (χ3v) is 5.54. The Morgan fingerprint density at radius 1 is 0.850 bits per heavy atom. The summed E-state index contributed by atoms with van der Waals surface area (Å²) in [6, 6.07) is 13.3. The van der Waals surface area contributed by atoms with E-state index < -0.39 is 8.07 Å². The fourth-order valence-electron chi connectivity index (χ4n) is 2.28. The number of pyridine rings is 1. The average molecular weight is 284 g/mol. The Labute approximate surface area is 123 Å². The highest BCUT2D eigenvalue weighted by Gasteiger charge is 2.15. The summed E-state index contributed by atoms with van der Waals surface area (Å²) in [7, 11) is 0.982. The van der Waals surface area contributed by atoms with E-state index in [2.05, 4.69) is 73.0 Å². The van der Waals surface area contributed by atoms with E-state index >= 15 is 0 Å². The molecule has 0 radical (unpaired) electrons. The molecule has 0 spiro atoms. The molecule has 106 valence electrons. The van der Waals surface area contributed by atoms with Crippen LogP contribution in [0.25, 0.3) is 0 Å². The standard InChI is InChI=1S/C17H24N2Si/c1-19(14-16-9-11-18-12-10-16)13-15-5-7-17(8-6-15)20(2,3)4/h5-12H,13-14H2,1-4H3. The van der Waals surface area contributed by atoms with Gasteiger partial charge in [0.05, 0.1) is 8.07 Å². The molecule has 2 aromatic rings. The first-order valence-electron chi connectivity index (χ1n) is 7.12. The molecule has 0 unspecified atom stereocenters. The molecule has 2 nitrogen and oxygen atoms in total. The molecular weight excluding hydrogens is 260 g/mol. The molecule has 0 aliphatic heterocycles. The molecule has 0 aliphatic carbocycles. The molecule has 0 saturated carbocycles. The predicted octanol–water partition coefficient (Wildman–Crippen LogP) is 3.26. The molecule has 0 N–H and O–H groups in total. The lowest BCUT2D eigenvalue weighted by Crippen LogP contribution is -2.37. The first-order chi connectivity index (χ1) is 9.45. The lowest BCUT2D eigenvalue weighted by atomic mass is 10.2. The zero-order chi connectivity index (χ0) is 14.6. The van der Waals surface area contributed by atoms with Crippen molar-refractivity contribution in [2.45, 2.75) is 32.7 Å². The van der Waals surface area contributed by atoms with Crippen LogP contribution < -0.4 is 5.19 Å². The van der Waals surface area contributed by atoms with Crippen molar-refractivity contribution in [3.05, 3.63) is 59.9 Å². The van der Waals surface area contributed by atoms with Crippen molar-refractivity contribution < 1.29 is 0 Å². The fraction of sp³-hybridized carbons (Fsp3) is 0.353. The van der Waals surface area contributed by atoms with Crippen molar-refractivity contribution >= 4 is 13.3 Å². The molecule has 0 atom stereocenters. The smallest absolute Gasteiger partial charge is 0.0775 e. The summed E-state index contributed by atoms with van der Waals surface area (Å²) < 4.78 is 0. The number of benzene rings is 1. The molecule has 0 bridgehead atoms. The maximum atomic E-state index is 4.05. The van der Waals surface area contributed by atoms with Crippen molar-refractivity contribution in [2.75, 3.05) is 7.05 Å². The van der Waals surface area contributed by atoms with Crippen LogP contribution >= 0.6 is 0 Å². The molecule has 1 heterocycles. The Morgan fingerprint density at radius 3 is 1.85 bits per heavy atom. The minimum Gasteiger partial charge on any atom is -0.298 e. The third-order valence-electron chi connectivity index (χ3n) is 3.47. The van der Waals surface area contributed by atoms with Crippen molar-refractivity contribution in [1.82, 2.24) is 9.88 Å². The second kappa shape index (κ2) is 6.33. The summed E-state index contributed by atoms with van der Waals surface area (Å²) in [6.07, 6.45) is 3.71. The van der Waals surface area contributed by atoms with Gasteiger partial charge < -0.3 is 0 Å². The van der Waals surface area contributed by atoms with Crippen LogP contribution in [0, 0.1) is 0 Å². The second-order valence-electron chi connectivity index (χ2n) is 6.47. The summed E-state index contributed by atoms with van der Waals surface area (Å²) in [5, 5.41) is 1.53. The van der Waals surface area contributed by atoms with Gasteiger partial charge in [-0.1, -0.05) is 49.1 Å². The zero-order valence-corrected chi connectivity index (χ0v) is 13.9. The third kappa shape index (κ3) is 4.29. The van der Waals surface area contributed by atoms with Gasteiger partial charge >= 0.3 is 0 Å². The Kier molecular flexibility index (Phi) is 4.73. The Hall–Kier alpha value is -1.45. The van der Waals surface area contributed by atoms with Gasteiger partial charge in [-0.3, -0.25) is 9.88 Å². The van der Waals surface area contributed by atoms with E-state index in [0.717, 1.165) is 13.1 Å². The summed E-state index contributed by atoms with van der Waals surface area (Å²) in [4.78, 5) is 6.39. The second-order valence-corrected chi connectivity index (χ2v) is 11.6. The minimum absolute atomic E-state index is 0.957. The Bertz CT molecular complexity index is 529. The molecular formula is C17H24N2Si. The highest BCUT2D eigenvalue weighted by atomic mass is 28.3.